The minimum absolute atomic E-state index is 0.0334. The largest absolute Gasteiger partial charge is 0.352 e. The van der Waals surface area contributed by atoms with Gasteiger partial charge in [-0.25, -0.2) is 0 Å². The first-order chi connectivity index (χ1) is 9.76. The van der Waals surface area contributed by atoms with Crippen LogP contribution in [0.15, 0.2) is 0 Å². The summed E-state index contributed by atoms with van der Waals surface area (Å²) in [5.74, 6) is 0.365. The van der Waals surface area contributed by atoms with E-state index in [-0.39, 0.29) is 23.3 Å². The lowest BCUT2D eigenvalue weighted by molar-refractivity contribution is -0.135. The molecule has 1 unspecified atom stereocenters. The third-order valence-electron chi connectivity index (χ3n) is 4.20. The SMILES string of the molecule is CC(C(=O)NC1CC1)N1CCN(C(=O)CC(C)(C)C)CC1. The number of carbonyl (C=O) groups excluding carboxylic acids is 2. The Kier molecular flexibility index (Phi) is 4.91. The molecule has 2 aliphatic rings. The van der Waals surface area contributed by atoms with E-state index in [2.05, 4.69) is 31.0 Å². The molecular formula is C16H29N3O2. The smallest absolute Gasteiger partial charge is 0.237 e. The molecule has 1 saturated carbocycles. The maximum absolute atomic E-state index is 12.2. The van der Waals surface area contributed by atoms with Gasteiger partial charge < -0.3 is 10.2 Å². The number of rotatable bonds is 4. The first kappa shape index (κ1) is 16.3. The lowest BCUT2D eigenvalue weighted by Gasteiger charge is -2.38. The summed E-state index contributed by atoms with van der Waals surface area (Å²) in [5, 5.41) is 3.05. The van der Waals surface area contributed by atoms with Gasteiger partial charge in [-0.05, 0) is 25.2 Å². The molecule has 0 radical (unpaired) electrons. The Morgan fingerprint density at radius 3 is 2.19 bits per heavy atom. The molecule has 2 fully saturated rings. The fourth-order valence-electron chi connectivity index (χ4n) is 2.64. The van der Waals surface area contributed by atoms with E-state index < -0.39 is 0 Å². The topological polar surface area (TPSA) is 52.7 Å². The van der Waals surface area contributed by atoms with E-state index in [1.807, 2.05) is 11.8 Å². The Hall–Kier alpha value is -1.10. The molecule has 5 heteroatoms. The normalized spacial score (nSPS) is 22.0. The van der Waals surface area contributed by atoms with Crippen LogP contribution in [0.4, 0.5) is 0 Å². The van der Waals surface area contributed by atoms with Gasteiger partial charge in [0.15, 0.2) is 0 Å². The van der Waals surface area contributed by atoms with Gasteiger partial charge in [-0.15, -0.1) is 0 Å². The Morgan fingerprint density at radius 2 is 1.71 bits per heavy atom. The summed E-state index contributed by atoms with van der Waals surface area (Å²) in [4.78, 5) is 28.4. The van der Waals surface area contributed by atoms with Crippen LogP contribution in [0, 0.1) is 5.41 Å². The highest BCUT2D eigenvalue weighted by Gasteiger charge is 2.31. The zero-order valence-corrected chi connectivity index (χ0v) is 13.8. The second-order valence-electron chi connectivity index (χ2n) is 7.61. The fourth-order valence-corrected chi connectivity index (χ4v) is 2.64. The van der Waals surface area contributed by atoms with E-state index in [4.69, 9.17) is 0 Å². The number of nitrogens with zero attached hydrogens (tertiary/aromatic N) is 2. The lowest BCUT2D eigenvalue weighted by atomic mass is 9.91. The molecule has 1 aliphatic heterocycles. The van der Waals surface area contributed by atoms with Crippen molar-refractivity contribution in [3.63, 3.8) is 0 Å². The third kappa shape index (κ3) is 4.99. The molecule has 0 spiro atoms. The van der Waals surface area contributed by atoms with Crippen LogP contribution < -0.4 is 5.32 Å². The summed E-state index contributed by atoms with van der Waals surface area (Å²) < 4.78 is 0. The van der Waals surface area contributed by atoms with E-state index >= 15 is 0 Å². The molecule has 1 aliphatic carbocycles. The van der Waals surface area contributed by atoms with Crippen molar-refractivity contribution in [2.24, 2.45) is 5.41 Å². The molecule has 21 heavy (non-hydrogen) atoms. The number of hydrogen-bond donors (Lipinski definition) is 1. The van der Waals surface area contributed by atoms with Gasteiger partial charge in [-0.3, -0.25) is 14.5 Å². The molecule has 1 N–H and O–H groups in total. The standard InChI is InChI=1S/C16H29N3O2/c1-12(15(21)17-13-5-6-13)18-7-9-19(10-8-18)14(20)11-16(2,3)4/h12-13H,5-11H2,1-4H3,(H,17,21). The molecule has 1 saturated heterocycles. The van der Waals surface area contributed by atoms with Crippen LogP contribution in [0.3, 0.4) is 0 Å². The zero-order valence-electron chi connectivity index (χ0n) is 13.8. The van der Waals surface area contributed by atoms with Gasteiger partial charge >= 0.3 is 0 Å². The van der Waals surface area contributed by atoms with E-state index in [1.54, 1.807) is 0 Å². The van der Waals surface area contributed by atoms with Crippen LogP contribution in [0.5, 0.6) is 0 Å². The van der Waals surface area contributed by atoms with E-state index in [0.29, 0.717) is 12.5 Å². The molecule has 5 nitrogen and oxygen atoms in total. The Labute approximate surface area is 128 Å². The van der Waals surface area contributed by atoms with E-state index in [0.717, 1.165) is 39.0 Å². The van der Waals surface area contributed by atoms with Crippen molar-refractivity contribution in [3.8, 4) is 0 Å². The van der Waals surface area contributed by atoms with Crippen molar-refractivity contribution in [1.29, 1.82) is 0 Å². The van der Waals surface area contributed by atoms with Crippen molar-refractivity contribution in [2.45, 2.75) is 59.0 Å². The lowest BCUT2D eigenvalue weighted by Crippen LogP contribution is -2.55. The van der Waals surface area contributed by atoms with Gasteiger partial charge in [0.25, 0.3) is 0 Å². The number of carbonyl (C=O) groups is 2. The van der Waals surface area contributed by atoms with Gasteiger partial charge in [0.05, 0.1) is 6.04 Å². The first-order valence-electron chi connectivity index (χ1n) is 8.08. The van der Waals surface area contributed by atoms with Crippen molar-refractivity contribution < 1.29 is 9.59 Å². The summed E-state index contributed by atoms with van der Waals surface area (Å²) in [6, 6.07) is 0.320. The highest BCUT2D eigenvalue weighted by atomic mass is 16.2. The monoisotopic (exact) mass is 295 g/mol. The van der Waals surface area contributed by atoms with Gasteiger partial charge in [0.2, 0.25) is 11.8 Å². The molecule has 2 rings (SSSR count). The predicted molar refractivity (Wildman–Crippen MR) is 82.9 cm³/mol. The summed E-state index contributed by atoms with van der Waals surface area (Å²) in [6.07, 6.45) is 2.83. The van der Waals surface area contributed by atoms with Crippen LogP contribution in [0.2, 0.25) is 0 Å². The highest BCUT2D eigenvalue weighted by molar-refractivity contribution is 5.82. The molecule has 0 aromatic rings. The second-order valence-corrected chi connectivity index (χ2v) is 7.61. The van der Waals surface area contributed by atoms with Crippen LogP contribution in [-0.4, -0.2) is 59.9 Å². The minimum Gasteiger partial charge on any atom is -0.352 e. The molecule has 2 amide bonds. The Balaban J connectivity index is 1.76. The van der Waals surface area contributed by atoms with Gasteiger partial charge in [-0.2, -0.15) is 0 Å². The second kappa shape index (κ2) is 6.34. The van der Waals surface area contributed by atoms with Crippen LogP contribution in [0.1, 0.15) is 47.0 Å². The van der Waals surface area contributed by atoms with Crippen LogP contribution in [-0.2, 0) is 9.59 Å². The first-order valence-corrected chi connectivity index (χ1v) is 8.08. The predicted octanol–water partition coefficient (Wildman–Crippen LogP) is 1.23. The molecule has 120 valence electrons. The quantitative estimate of drug-likeness (QED) is 0.849. The number of piperazine rings is 1. The molecule has 1 atom stereocenters. The summed E-state index contributed by atoms with van der Waals surface area (Å²) in [6.45, 7) is 11.3. The summed E-state index contributed by atoms with van der Waals surface area (Å²) in [7, 11) is 0. The van der Waals surface area contributed by atoms with E-state index in [9.17, 15) is 9.59 Å². The molecule has 0 bridgehead atoms. The number of nitrogens with one attached hydrogen (secondary N) is 1. The van der Waals surface area contributed by atoms with Gasteiger partial charge in [0.1, 0.15) is 0 Å². The highest BCUT2D eigenvalue weighted by Crippen LogP contribution is 2.21. The molecular weight excluding hydrogens is 266 g/mol. The Bertz CT molecular complexity index is 391. The van der Waals surface area contributed by atoms with Crippen molar-refractivity contribution in [1.82, 2.24) is 15.1 Å². The van der Waals surface area contributed by atoms with Crippen LogP contribution in [0.25, 0.3) is 0 Å². The summed E-state index contributed by atoms with van der Waals surface area (Å²) >= 11 is 0. The maximum atomic E-state index is 12.2. The van der Waals surface area contributed by atoms with E-state index in [1.165, 1.54) is 0 Å². The maximum Gasteiger partial charge on any atom is 0.237 e. The summed E-state index contributed by atoms with van der Waals surface area (Å²) in [5.41, 5.74) is 0.0334. The number of hydrogen-bond acceptors (Lipinski definition) is 3. The molecule has 1 heterocycles. The third-order valence-corrected chi connectivity index (χ3v) is 4.20. The fraction of sp³-hybridized carbons (Fsp3) is 0.875. The average molecular weight is 295 g/mol. The van der Waals surface area contributed by atoms with Crippen LogP contribution >= 0.6 is 0 Å². The van der Waals surface area contributed by atoms with Gasteiger partial charge in [0, 0.05) is 38.6 Å². The average Bonchev–Trinajstić information content (AvgIpc) is 3.20. The zero-order chi connectivity index (χ0) is 15.6. The van der Waals surface area contributed by atoms with Crippen molar-refractivity contribution in [3.05, 3.63) is 0 Å². The Morgan fingerprint density at radius 1 is 1.14 bits per heavy atom. The van der Waals surface area contributed by atoms with Crippen molar-refractivity contribution >= 4 is 11.8 Å². The minimum atomic E-state index is -0.0922. The van der Waals surface area contributed by atoms with Crippen molar-refractivity contribution in [2.75, 3.05) is 26.2 Å². The van der Waals surface area contributed by atoms with Gasteiger partial charge in [-0.1, -0.05) is 20.8 Å². The molecule has 0 aromatic carbocycles. The number of amides is 2. The molecule has 0 aromatic heterocycles.